The van der Waals surface area contributed by atoms with E-state index in [1.807, 2.05) is 11.3 Å². The molecule has 0 saturated carbocycles. The van der Waals surface area contributed by atoms with E-state index in [9.17, 15) is 0 Å². The molecule has 0 saturated heterocycles. The van der Waals surface area contributed by atoms with Crippen molar-refractivity contribution < 1.29 is 0 Å². The van der Waals surface area contributed by atoms with Crippen LogP contribution in [0.1, 0.15) is 50.7 Å². The minimum absolute atomic E-state index is 0.308. The third-order valence-electron chi connectivity index (χ3n) is 9.89. The Morgan fingerprint density at radius 1 is 0.625 bits per heavy atom. The van der Waals surface area contributed by atoms with Gasteiger partial charge in [-0.2, -0.15) is 0 Å². The normalized spacial score (nSPS) is 12.4. The van der Waals surface area contributed by atoms with Crippen molar-refractivity contribution in [3.05, 3.63) is 126 Å². The maximum atomic E-state index is 5.55. The number of aromatic nitrogens is 2. The van der Waals surface area contributed by atoms with Gasteiger partial charge in [0.05, 0.1) is 0 Å². The first kappa shape index (κ1) is 31.1. The summed E-state index contributed by atoms with van der Waals surface area (Å²) in [6.45, 7) is 9.33. The second-order valence-corrected chi connectivity index (χ2v) is 26.6. The molecule has 8 aromatic rings. The van der Waals surface area contributed by atoms with Crippen LogP contribution in [0.2, 0.25) is 17.3 Å². The van der Waals surface area contributed by atoms with Crippen LogP contribution >= 0.6 is 11.3 Å². The fraction of sp³-hybridized carbons (Fsp3) is 0.205. The predicted molar refractivity (Wildman–Crippen MR) is 213 cm³/mol. The van der Waals surface area contributed by atoms with Gasteiger partial charge in [-0.15, -0.1) is 0 Å². The van der Waals surface area contributed by atoms with E-state index in [0.29, 0.717) is 11.8 Å². The Bertz CT molecular complexity index is 2460. The molecule has 0 aliphatic rings. The summed E-state index contributed by atoms with van der Waals surface area (Å²) < 4.78 is 6.77. The van der Waals surface area contributed by atoms with Crippen LogP contribution in [-0.2, 0) is 0 Å². The van der Waals surface area contributed by atoms with Crippen LogP contribution in [0.4, 0.5) is 0 Å². The van der Waals surface area contributed by atoms with Gasteiger partial charge in [0.25, 0.3) is 0 Å². The van der Waals surface area contributed by atoms with Crippen LogP contribution in [0.3, 0.4) is 0 Å². The monoisotopic (exact) mass is 704 g/mol. The van der Waals surface area contributed by atoms with E-state index in [-0.39, 0.29) is 0 Å². The van der Waals surface area contributed by atoms with Crippen molar-refractivity contribution in [1.82, 2.24) is 9.55 Å². The Balaban J connectivity index is 1.51. The summed E-state index contributed by atoms with van der Waals surface area (Å²) in [6.07, 6.45) is 0. The zero-order valence-electron chi connectivity index (χ0n) is 28.9. The number of fused-ring (bicyclic) bond motifs is 6. The molecule has 4 heteroatoms. The maximum absolute atomic E-state index is 5.55. The fourth-order valence-electron chi connectivity index (χ4n) is 7.29. The molecule has 0 bridgehead atoms. The summed E-state index contributed by atoms with van der Waals surface area (Å²) in [5.41, 5.74) is 9.90. The van der Waals surface area contributed by atoms with Gasteiger partial charge in [0.1, 0.15) is 0 Å². The Labute approximate surface area is 290 Å². The van der Waals surface area contributed by atoms with E-state index in [0.717, 1.165) is 11.3 Å². The van der Waals surface area contributed by atoms with Crippen LogP contribution in [-0.4, -0.2) is 22.8 Å². The molecule has 0 aliphatic carbocycles. The van der Waals surface area contributed by atoms with Crippen LogP contribution in [0.25, 0.3) is 70.2 Å². The zero-order valence-corrected chi connectivity index (χ0v) is 31.8. The molecule has 0 fully saturated rings. The number of nitrogens with zero attached hydrogens (tertiary/aromatic N) is 2. The van der Waals surface area contributed by atoms with E-state index < -0.39 is 13.3 Å². The van der Waals surface area contributed by atoms with Crippen LogP contribution in [0.15, 0.2) is 115 Å². The standard InChI is InChI=1S/C44H42GeN2S/c1-27(2)37-24-31(29-14-9-8-10-15-29)25-38(28(3)4)41(37)47-42-33-17-12-11-16-30(33)20-23-39(42)46-44(47)36-19-13-18-35-34-22-21-32(45(5,6)7)26-40(34)48-43(35)36/h8-28H,1-7H3. The topological polar surface area (TPSA) is 17.8 Å². The van der Waals surface area contributed by atoms with Crippen LogP contribution in [0, 0.1) is 0 Å². The van der Waals surface area contributed by atoms with Gasteiger partial charge in [0.15, 0.2) is 0 Å². The van der Waals surface area contributed by atoms with Gasteiger partial charge in [0, 0.05) is 0 Å². The predicted octanol–water partition coefficient (Wildman–Crippen LogP) is 12.7. The average Bonchev–Trinajstić information content (AvgIpc) is 3.66. The molecule has 0 spiro atoms. The number of hydrogen-bond acceptors (Lipinski definition) is 2. The van der Waals surface area contributed by atoms with Crippen molar-refractivity contribution >= 4 is 71.0 Å². The van der Waals surface area contributed by atoms with Crippen LogP contribution in [0.5, 0.6) is 0 Å². The Morgan fingerprint density at radius 2 is 1.31 bits per heavy atom. The van der Waals surface area contributed by atoms with E-state index in [1.54, 1.807) is 4.40 Å². The van der Waals surface area contributed by atoms with Gasteiger partial charge < -0.3 is 0 Å². The molecule has 0 atom stereocenters. The Kier molecular flexibility index (Phi) is 7.61. The van der Waals surface area contributed by atoms with Gasteiger partial charge in [-0.1, -0.05) is 36.4 Å². The van der Waals surface area contributed by atoms with Crippen molar-refractivity contribution in [2.24, 2.45) is 0 Å². The molecule has 0 aliphatic heterocycles. The number of imidazole rings is 1. The molecule has 2 aromatic heterocycles. The first-order chi connectivity index (χ1) is 23.1. The van der Waals surface area contributed by atoms with Gasteiger partial charge in [-0.05, 0) is 5.56 Å². The molecule has 238 valence electrons. The van der Waals surface area contributed by atoms with Gasteiger partial charge >= 0.3 is 250 Å². The molecule has 2 nitrogen and oxygen atoms in total. The molecule has 0 amide bonds. The second-order valence-electron chi connectivity index (χ2n) is 14.8. The number of hydrogen-bond donors (Lipinski definition) is 0. The van der Waals surface area contributed by atoms with E-state index in [1.165, 1.54) is 70.0 Å². The minimum atomic E-state index is -1.99. The second kappa shape index (κ2) is 11.8. The van der Waals surface area contributed by atoms with Crippen molar-refractivity contribution in [2.75, 3.05) is 0 Å². The number of rotatable bonds is 6. The summed E-state index contributed by atoms with van der Waals surface area (Å²) in [4.78, 5) is 5.55. The summed E-state index contributed by atoms with van der Waals surface area (Å²) in [7, 11) is 0. The van der Waals surface area contributed by atoms with Crippen molar-refractivity contribution in [1.29, 1.82) is 0 Å². The van der Waals surface area contributed by atoms with Crippen molar-refractivity contribution in [2.45, 2.75) is 56.8 Å². The third-order valence-corrected chi connectivity index (χ3v) is 15.4. The van der Waals surface area contributed by atoms with Gasteiger partial charge in [0.2, 0.25) is 0 Å². The summed E-state index contributed by atoms with van der Waals surface area (Å²) in [5, 5.41) is 5.13. The Morgan fingerprint density at radius 3 is 2.02 bits per heavy atom. The van der Waals surface area contributed by atoms with Crippen LogP contribution < -0.4 is 4.40 Å². The quantitative estimate of drug-likeness (QED) is 0.158. The zero-order chi connectivity index (χ0) is 33.3. The average molecular weight is 704 g/mol. The molecule has 6 aromatic carbocycles. The SMILES string of the molecule is CC(C)c1cc(-c2ccccc2)cc(C(C)C)c1-n1c(-c2cccc3c2sc2c[c]([Ge]([CH3])([CH3])[CH3])ccc23)nc2ccc3ccccc3c21. The number of benzene rings is 6. The van der Waals surface area contributed by atoms with Crippen molar-refractivity contribution in [3.63, 3.8) is 0 Å². The first-order valence-corrected chi connectivity index (χ1v) is 25.4. The summed E-state index contributed by atoms with van der Waals surface area (Å²) in [5.74, 6) is 9.08. The van der Waals surface area contributed by atoms with E-state index in [2.05, 4.69) is 165 Å². The van der Waals surface area contributed by atoms with Gasteiger partial charge in [-0.3, -0.25) is 0 Å². The van der Waals surface area contributed by atoms with Gasteiger partial charge in [-0.25, -0.2) is 0 Å². The molecule has 48 heavy (non-hydrogen) atoms. The first-order valence-electron chi connectivity index (χ1n) is 17.2. The third kappa shape index (κ3) is 5.10. The fourth-order valence-corrected chi connectivity index (χ4v) is 11.2. The summed E-state index contributed by atoms with van der Waals surface area (Å²) in [6, 6.07) is 43.0. The molecule has 0 N–H and O–H groups in total. The molecular formula is C44H42GeN2S. The molecular weight excluding hydrogens is 661 g/mol. The van der Waals surface area contributed by atoms with E-state index >= 15 is 0 Å². The Hall–Kier alpha value is -4.19. The molecule has 0 unspecified atom stereocenters. The molecule has 2 heterocycles. The van der Waals surface area contributed by atoms with E-state index in [4.69, 9.17) is 4.98 Å². The number of thiophene rings is 1. The molecule has 8 rings (SSSR count). The molecule has 0 radical (unpaired) electrons. The van der Waals surface area contributed by atoms with Crippen molar-refractivity contribution in [3.8, 4) is 28.2 Å². The summed E-state index contributed by atoms with van der Waals surface area (Å²) >= 11 is -0.0638.